The molecule has 0 fully saturated rings. The molecule has 0 unspecified atom stereocenters. The third-order valence-electron chi connectivity index (χ3n) is 1.21. The largest absolute Gasteiger partial charge is 1.00 e. The van der Waals surface area contributed by atoms with Gasteiger partial charge in [-0.3, -0.25) is 0 Å². The molecule has 0 aliphatic rings. The molecule has 1 nitrogen and oxygen atoms in total. The van der Waals surface area contributed by atoms with E-state index < -0.39 is 0 Å². The molecule has 0 bridgehead atoms. The van der Waals surface area contributed by atoms with Crippen LogP contribution in [0.3, 0.4) is 0 Å². The number of benzene rings is 2. The Kier molecular flexibility index (Phi) is 52.6. The molecule has 2 aromatic rings. The minimum absolute atomic E-state index is 0. The van der Waals surface area contributed by atoms with Crippen LogP contribution in [0.15, 0.2) is 60.7 Å². The molecule has 2 aromatic carbocycles. The maximum atomic E-state index is 6.25. The van der Waals surface area contributed by atoms with E-state index in [4.69, 9.17) is 31.2 Å². The zero-order valence-corrected chi connectivity index (χ0v) is 18.6. The van der Waals surface area contributed by atoms with Crippen LogP contribution in [-0.2, 0) is 51.7 Å². The summed E-state index contributed by atoms with van der Waals surface area (Å²) in [6.45, 7) is 4.75. The third-order valence-corrected chi connectivity index (χ3v) is 1.21. The van der Waals surface area contributed by atoms with Gasteiger partial charge in [0.2, 0.25) is 0 Å². The molecule has 0 saturated carbocycles. The molecule has 0 aliphatic heterocycles. The zero-order chi connectivity index (χ0) is 14.5. The van der Waals surface area contributed by atoms with E-state index in [1.54, 1.807) is 0 Å². The van der Waals surface area contributed by atoms with Gasteiger partial charge in [0.05, 0.1) is 0 Å². The number of nitrogens with zero attached hydrogens (tertiary/aromatic N) is 1. The Morgan fingerprint density at radius 3 is 0.895 bits per heavy atom. The summed E-state index contributed by atoms with van der Waals surface area (Å²) in [5.41, 5.74) is 0. The molecule has 0 radical (unpaired) electrons. The Morgan fingerprint density at radius 1 is 0.632 bits per heavy atom. The van der Waals surface area contributed by atoms with Gasteiger partial charge in [-0.2, -0.15) is 72.8 Å². The fourth-order valence-electron chi connectivity index (χ4n) is 0.684. The van der Waals surface area contributed by atoms with Gasteiger partial charge in [0.1, 0.15) is 0 Å². The number of rotatable bonds is 0. The predicted molar refractivity (Wildman–Crippen MR) is 67.2 cm³/mol. The normalized spacial score (nSPS) is 5.89. The number of hydrogen-bond acceptors (Lipinski definition) is 1. The van der Waals surface area contributed by atoms with Gasteiger partial charge in [0.25, 0.3) is 0 Å². The van der Waals surface area contributed by atoms with Crippen molar-refractivity contribution in [3.63, 3.8) is 0 Å². The molecule has 0 atom stereocenters. The van der Waals surface area contributed by atoms with Gasteiger partial charge in [-0.15, -0.1) is 0 Å². The first kappa shape index (κ1) is 27.6. The first-order valence-electron chi connectivity index (χ1n) is 4.58. The van der Waals surface area contributed by atoms with E-state index in [2.05, 4.69) is 12.1 Å². The molecule has 6 heteroatoms. The van der Waals surface area contributed by atoms with Crippen LogP contribution >= 0.6 is 19.4 Å². The summed E-state index contributed by atoms with van der Waals surface area (Å²) in [6.07, 6.45) is 0. The van der Waals surface area contributed by atoms with Crippen molar-refractivity contribution in [2.24, 2.45) is 0 Å². The quantitative estimate of drug-likeness (QED) is 0.435. The van der Waals surface area contributed by atoms with E-state index in [9.17, 15) is 0 Å². The average Bonchev–Trinajstić information content (AvgIpc) is 2.57. The zero-order valence-electron chi connectivity index (χ0n) is 10.2. The molecule has 19 heavy (non-hydrogen) atoms. The van der Waals surface area contributed by atoms with E-state index in [0.29, 0.717) is 0 Å². The molecule has 0 spiro atoms. The Labute approximate surface area is 154 Å². The van der Waals surface area contributed by atoms with Crippen LogP contribution in [0, 0.1) is 24.0 Å². The van der Waals surface area contributed by atoms with Crippen LogP contribution in [0.1, 0.15) is 0 Å². The van der Waals surface area contributed by atoms with Gasteiger partial charge in [-0.1, -0.05) is 0 Å². The van der Waals surface area contributed by atoms with Crippen LogP contribution in [0.2, 0.25) is 0 Å². The summed E-state index contributed by atoms with van der Waals surface area (Å²) in [7, 11) is 9.53. The molecule has 0 saturated heterocycles. The van der Waals surface area contributed by atoms with Gasteiger partial charge in [0.15, 0.2) is 0 Å². The fraction of sp³-hybridized carbons (Fsp3) is 0. The third kappa shape index (κ3) is 32.1. The Morgan fingerprint density at radius 2 is 0.842 bits per heavy atom. The Balaban J connectivity index is -0.0000000825. The van der Waals surface area contributed by atoms with E-state index in [-0.39, 0.29) is 17.1 Å². The minimum atomic E-state index is 0. The summed E-state index contributed by atoms with van der Waals surface area (Å²) in [6, 6.07) is 25.0. The first-order valence-corrected chi connectivity index (χ1v) is 12.4. The molecule has 96 valence electrons. The van der Waals surface area contributed by atoms with E-state index in [1.165, 1.54) is 0 Å². The monoisotopic (exact) mass is 441 g/mol. The average molecular weight is 445 g/mol. The summed E-state index contributed by atoms with van der Waals surface area (Å²) >= 11 is 1.69. The summed E-state index contributed by atoms with van der Waals surface area (Å²) in [5.74, 6) is 0. The molecular formula is C13H10Cl2CuNZn2. The standard InChI is InChI=1S/2C6H5.CN.2ClH.Cu.2Zn/c2*1-2-4-6-5-3-1;1-2;;;;;/h2*1-5H;;2*1H;;;/q3*-1;;;+1;2*+2/p-2. The second-order valence-electron chi connectivity index (χ2n) is 2.15. The van der Waals surface area contributed by atoms with Gasteiger partial charge < -0.3 is 11.8 Å². The van der Waals surface area contributed by atoms with E-state index in [1.807, 2.05) is 60.7 Å². The second kappa shape index (κ2) is 36.2. The minimum Gasteiger partial charge on any atom is -0.184 e. The van der Waals surface area contributed by atoms with Crippen LogP contribution in [0.25, 0.3) is 0 Å². The van der Waals surface area contributed by atoms with Crippen LogP contribution in [0.4, 0.5) is 0 Å². The molecule has 0 aromatic heterocycles. The number of halogens is 2. The molecular weight excluding hydrogens is 435 g/mol. The van der Waals surface area contributed by atoms with Gasteiger partial charge in [-0.25, -0.2) is 0 Å². The smallest absolute Gasteiger partial charge is 0.184 e. The van der Waals surface area contributed by atoms with Gasteiger partial charge in [-0.05, 0) is 0 Å². The van der Waals surface area contributed by atoms with Crippen molar-refractivity contribution in [1.29, 1.82) is 5.26 Å². The van der Waals surface area contributed by atoms with Crippen molar-refractivity contribution in [3.8, 4) is 0 Å². The molecule has 0 amide bonds. The van der Waals surface area contributed by atoms with Crippen molar-refractivity contribution in [3.05, 3.63) is 79.4 Å². The van der Waals surface area contributed by atoms with Crippen molar-refractivity contribution >= 4 is 19.4 Å². The fourth-order valence-corrected chi connectivity index (χ4v) is 0.684. The number of hydrogen-bond donors (Lipinski definition) is 0. The van der Waals surface area contributed by atoms with Gasteiger partial charge >= 0.3 is 71.1 Å². The maximum Gasteiger partial charge on any atom is 1.00 e. The van der Waals surface area contributed by atoms with Crippen molar-refractivity contribution in [1.82, 2.24) is 0 Å². The van der Waals surface area contributed by atoms with Crippen LogP contribution in [0.5, 0.6) is 0 Å². The summed E-state index contributed by atoms with van der Waals surface area (Å²) in [5, 5.41) is 6.25. The first-order chi connectivity index (χ1) is 9.00. The van der Waals surface area contributed by atoms with Crippen molar-refractivity contribution in [2.75, 3.05) is 0 Å². The van der Waals surface area contributed by atoms with Crippen LogP contribution < -0.4 is 0 Å². The summed E-state index contributed by atoms with van der Waals surface area (Å²) in [4.78, 5) is 0. The summed E-state index contributed by atoms with van der Waals surface area (Å²) < 4.78 is 0. The topological polar surface area (TPSA) is 23.8 Å². The van der Waals surface area contributed by atoms with E-state index in [0.717, 1.165) is 34.6 Å². The van der Waals surface area contributed by atoms with Gasteiger partial charge in [0, 0.05) is 0 Å². The predicted octanol–water partition coefficient (Wildman–Crippen LogP) is 4.44. The Hall–Kier alpha value is 0.276. The van der Waals surface area contributed by atoms with Crippen molar-refractivity contribution < 1.29 is 51.7 Å². The molecule has 2 rings (SSSR count). The molecule has 0 heterocycles. The second-order valence-corrected chi connectivity index (χ2v) is 2.15. The Bertz CT molecular complexity index is 238. The molecule has 0 N–H and O–H groups in total. The van der Waals surface area contributed by atoms with Crippen LogP contribution in [-0.4, -0.2) is 0 Å². The maximum absolute atomic E-state index is 6.25. The van der Waals surface area contributed by atoms with E-state index >= 15 is 0 Å². The SMILES string of the molecule is [C-]#N.[Cl][Zn+].[Cl][Zn+].[Cu+].[c-]1ccccc1.[c-]1ccccc1. The molecule has 0 aliphatic carbocycles. The van der Waals surface area contributed by atoms with Crippen molar-refractivity contribution in [2.45, 2.75) is 0 Å².